The molecule has 534 valence electrons. The summed E-state index contributed by atoms with van der Waals surface area (Å²) in [6.45, 7) is 6.01. The minimum absolute atomic E-state index is 0.0123. The Labute approximate surface area is 557 Å². The molecular weight excluding hydrogens is 1290 g/mol. The number of nitrogens with one attached hydrogen (secondary N) is 12. The smallest absolute Gasteiger partial charge is 0.327 e. The van der Waals surface area contributed by atoms with Gasteiger partial charge >= 0.3 is 5.97 Å². The summed E-state index contributed by atoms with van der Waals surface area (Å²) in [6, 6.07) is -14.1. The summed E-state index contributed by atoms with van der Waals surface area (Å²) in [7, 11) is 1.77. The molecule has 1 aromatic rings. The largest absolute Gasteiger partial charge is 0.508 e. The van der Waals surface area contributed by atoms with Crippen LogP contribution in [-0.2, 0) is 73.5 Å². The Hall–Kier alpha value is -7.98. The molecule has 1 saturated heterocycles. The Balaban J connectivity index is 2.79. The molecule has 1 aliphatic heterocycles. The molecule has 95 heavy (non-hydrogen) atoms. The number of unbranched alkanes of at least 4 members (excludes halogenated alkanes) is 1. The van der Waals surface area contributed by atoms with Gasteiger partial charge in [0, 0.05) is 24.3 Å². The van der Waals surface area contributed by atoms with Gasteiger partial charge in [-0.15, -0.1) is 0 Å². The maximum atomic E-state index is 14.4. The fourth-order valence-electron chi connectivity index (χ4n) is 9.06. The lowest BCUT2D eigenvalue weighted by Gasteiger charge is -2.28. The van der Waals surface area contributed by atoms with Crippen molar-refractivity contribution in [3.05, 3.63) is 29.8 Å². The molecule has 1 heterocycles. The van der Waals surface area contributed by atoms with Gasteiger partial charge in [0.2, 0.25) is 76.8 Å². The average molecular weight is 1390 g/mol. The summed E-state index contributed by atoms with van der Waals surface area (Å²) in [5, 5.41) is 70.3. The van der Waals surface area contributed by atoms with Crippen LogP contribution in [0.4, 0.5) is 0 Å². The maximum absolute atomic E-state index is 14.4. The van der Waals surface area contributed by atoms with E-state index in [1.807, 2.05) is 0 Å². The van der Waals surface area contributed by atoms with E-state index >= 15 is 0 Å². The number of benzene rings is 1. The Kier molecular flexibility index (Phi) is 37.8. The number of carbonyl (C=O) groups is 14. The predicted molar refractivity (Wildman–Crippen MR) is 347 cm³/mol. The number of carboxylic acid groups (broad SMARTS) is 1. The number of aromatic hydroxyl groups is 1. The number of primary amides is 2. The molecule has 0 radical (unpaired) electrons. The minimum atomic E-state index is -1.91. The quantitative estimate of drug-likeness (QED) is 0.0275. The van der Waals surface area contributed by atoms with Gasteiger partial charge in [0.1, 0.15) is 78.5 Å². The van der Waals surface area contributed by atoms with Gasteiger partial charge in [-0.05, 0) is 101 Å². The molecule has 1 aromatic carbocycles. The van der Waals surface area contributed by atoms with Crippen LogP contribution in [0.3, 0.4) is 0 Å². The lowest BCUT2D eigenvalue weighted by Crippen LogP contribution is -2.62. The number of phenolic OH excluding ortho intramolecular Hbond substituents is 1. The van der Waals surface area contributed by atoms with Crippen molar-refractivity contribution in [1.29, 1.82) is 0 Å². The third-order valence-electron chi connectivity index (χ3n) is 14.2. The highest BCUT2D eigenvalue weighted by atomic mass is 33.1. The van der Waals surface area contributed by atoms with Gasteiger partial charge in [-0.1, -0.05) is 61.4 Å². The van der Waals surface area contributed by atoms with E-state index in [0.29, 0.717) is 12.0 Å². The molecule has 1 fully saturated rings. The molecule has 13 amide bonds. The average Bonchev–Trinajstić information content (AvgIpc) is 1.26. The Morgan fingerprint density at radius 2 is 0.937 bits per heavy atom. The van der Waals surface area contributed by atoms with Gasteiger partial charge in [0.05, 0.1) is 25.7 Å². The van der Waals surface area contributed by atoms with E-state index < -0.39 is 206 Å². The molecule has 28 N–H and O–H groups in total. The van der Waals surface area contributed by atoms with Crippen LogP contribution in [0.2, 0.25) is 0 Å². The number of phenols is 1. The van der Waals surface area contributed by atoms with Crippen LogP contribution in [0, 0.1) is 11.8 Å². The van der Waals surface area contributed by atoms with E-state index in [9.17, 15) is 87.5 Å². The number of aliphatic carboxylic acids is 1. The summed E-state index contributed by atoms with van der Waals surface area (Å²) in [5.74, 6) is -16.7. The number of carboxylic acids is 1. The highest BCUT2D eigenvalue weighted by Gasteiger charge is 2.37. The third-order valence-corrected chi connectivity index (χ3v) is 16.7. The van der Waals surface area contributed by atoms with E-state index in [0.717, 1.165) is 21.6 Å². The third kappa shape index (κ3) is 31.9. The predicted octanol–water partition coefficient (Wildman–Crippen LogP) is -7.99. The van der Waals surface area contributed by atoms with Crippen molar-refractivity contribution < 1.29 is 87.5 Å². The number of carbonyl (C=O) groups excluding carboxylic acids is 13. The number of nitrogens with two attached hydrogens (primary N) is 6. The summed E-state index contributed by atoms with van der Waals surface area (Å²) in [6.07, 6.45) is -2.92. The minimum Gasteiger partial charge on any atom is -0.508 e. The van der Waals surface area contributed by atoms with Gasteiger partial charge in [-0.3, -0.25) is 67.6 Å². The van der Waals surface area contributed by atoms with Gasteiger partial charge in [0.25, 0.3) is 0 Å². The first-order valence-corrected chi connectivity index (χ1v) is 33.3. The van der Waals surface area contributed by atoms with E-state index in [4.69, 9.17) is 34.4 Å². The lowest BCUT2D eigenvalue weighted by molar-refractivity contribution is -0.141. The number of amides is 13. The fraction of sp³-hybridized carbons (Fsp3) is 0.649. The van der Waals surface area contributed by atoms with Crippen LogP contribution in [0.1, 0.15) is 104 Å². The monoisotopic (exact) mass is 1380 g/mol. The number of aliphatic hydroxyl groups is 2. The van der Waals surface area contributed by atoms with E-state index in [-0.39, 0.29) is 74.8 Å². The van der Waals surface area contributed by atoms with Crippen molar-refractivity contribution in [3.63, 3.8) is 0 Å². The fourth-order valence-corrected chi connectivity index (χ4v) is 11.3. The van der Waals surface area contributed by atoms with E-state index in [1.54, 1.807) is 27.7 Å². The SMILES string of the molecule is CC(C)C[C@@H]1NC(=O)[C@H](C)NC(=O)[C@H](CCCNC(N)N)NC(=O)[C@H](CO)NC(=O)[C@H](CO)NC(=O)[C@H](CC(C)C)NC(=O)[C@H](CC(N)=O)NC(=O)[C@H](Cc2ccc(O)cc2)NC(=O)[C@H](CCC(N)=O)NC(=O)[C@@H](N)CSSC[C@@H](C(=O)O)NC(=O)[C@H](CCCCN)NC1=O. The normalized spacial score (nSPS) is 25.6. The molecule has 12 atom stereocenters. The van der Waals surface area contributed by atoms with Crippen LogP contribution >= 0.6 is 21.6 Å². The highest BCUT2D eigenvalue weighted by molar-refractivity contribution is 8.76. The molecule has 0 bridgehead atoms. The Morgan fingerprint density at radius 3 is 1.43 bits per heavy atom. The zero-order valence-corrected chi connectivity index (χ0v) is 55.4. The molecule has 0 spiro atoms. The first-order valence-electron chi connectivity index (χ1n) is 30.8. The molecule has 36 nitrogen and oxygen atoms in total. The standard InChI is InChI=1S/C57H96N18O18S2/c1-27(2)19-36-50(86)67-33(9-6-7-17-58)48(84)75-42(56(92)93)26-95-94-25-32(59)46(82)66-35(15-16-43(60)79)49(85)71-38(21-30-11-13-31(78)14-12-30)52(88)72-39(22-44(61)80)53(89)70-37(20-28(3)4)51(87)73-41(24-77)55(91)74-40(23-76)54(90)68-34(10-8-18-64-57(62)63)47(83)65-29(5)45(81)69-36/h11-14,27-29,32-42,57,64,76-78H,6-10,15-26,58-59,62-63H2,1-5H3,(H2,60,79)(H2,61,80)(H,65,83)(H,66,82)(H,67,86)(H,68,90)(H,69,81)(H,70,89)(H,71,85)(H,72,88)(H,73,87)(H,74,91)(H,75,84)(H,92,93)/t29-,32-,33-,34-,35-,36-,37-,38-,39-,40-,41-,42-/m0/s1. The molecule has 0 aliphatic carbocycles. The first kappa shape index (κ1) is 83.1. The Morgan fingerprint density at radius 1 is 0.526 bits per heavy atom. The van der Waals surface area contributed by atoms with Crippen LogP contribution in [0.5, 0.6) is 5.75 Å². The number of aliphatic hydroxyl groups excluding tert-OH is 2. The van der Waals surface area contributed by atoms with Gasteiger partial charge in [-0.25, -0.2) is 4.79 Å². The van der Waals surface area contributed by atoms with Gasteiger partial charge in [-0.2, -0.15) is 0 Å². The molecule has 2 rings (SSSR count). The van der Waals surface area contributed by atoms with Crippen molar-refractivity contribution in [1.82, 2.24) is 63.8 Å². The number of hydrogen-bond donors (Lipinski definition) is 22. The summed E-state index contributed by atoms with van der Waals surface area (Å²) in [4.78, 5) is 191. The second-order valence-corrected chi connectivity index (χ2v) is 26.0. The number of hydrogen-bond acceptors (Lipinski definition) is 24. The van der Waals surface area contributed by atoms with Gasteiger partial charge < -0.3 is 113 Å². The molecule has 0 unspecified atom stereocenters. The van der Waals surface area contributed by atoms with Crippen LogP contribution in [-0.4, -0.2) is 220 Å². The summed E-state index contributed by atoms with van der Waals surface area (Å²) < 4.78 is 0. The molecule has 0 aromatic heterocycles. The summed E-state index contributed by atoms with van der Waals surface area (Å²) in [5.41, 5.74) is 34.4. The zero-order chi connectivity index (χ0) is 71.6. The molecule has 0 saturated carbocycles. The van der Waals surface area contributed by atoms with Crippen molar-refractivity contribution in [2.45, 2.75) is 184 Å². The summed E-state index contributed by atoms with van der Waals surface area (Å²) >= 11 is 0. The molecule has 1 aliphatic rings. The highest BCUT2D eigenvalue weighted by Crippen LogP contribution is 2.23. The second kappa shape index (κ2) is 43.2. The van der Waals surface area contributed by atoms with Crippen molar-refractivity contribution in [2.24, 2.45) is 46.2 Å². The van der Waals surface area contributed by atoms with E-state index in [2.05, 4.69) is 63.8 Å². The van der Waals surface area contributed by atoms with Crippen molar-refractivity contribution in [2.75, 3.05) is 37.8 Å². The second-order valence-electron chi connectivity index (χ2n) is 23.4. The number of rotatable bonds is 23. The van der Waals surface area contributed by atoms with Crippen molar-refractivity contribution >= 4 is 104 Å². The molecular formula is C57H96N18O18S2. The Bertz CT molecular complexity index is 2770. The molecule has 38 heteroatoms. The lowest BCUT2D eigenvalue weighted by atomic mass is 10.0. The zero-order valence-electron chi connectivity index (χ0n) is 53.8. The van der Waals surface area contributed by atoms with Crippen molar-refractivity contribution in [3.8, 4) is 5.75 Å². The van der Waals surface area contributed by atoms with E-state index in [1.165, 1.54) is 31.2 Å². The maximum Gasteiger partial charge on any atom is 0.327 e. The van der Waals surface area contributed by atoms with Crippen LogP contribution < -0.4 is 98.2 Å². The van der Waals surface area contributed by atoms with Crippen LogP contribution in [0.25, 0.3) is 0 Å². The van der Waals surface area contributed by atoms with Crippen LogP contribution in [0.15, 0.2) is 24.3 Å². The first-order chi connectivity index (χ1) is 44.7. The van der Waals surface area contributed by atoms with Gasteiger partial charge in [0.15, 0.2) is 0 Å². The topological polar surface area (TPSA) is 620 Å².